The molecule has 1 fully saturated rings. The Hall–Kier alpha value is -2.68. The molecule has 1 saturated heterocycles. The standard InChI is InChI=1S/C18H25N3O6/c1-26-13-7-8-14(15(11-13)21(24)25)19-18(23)16(12-17(22)27-2)20-9-5-3-4-6-10-20/h7-8,11,16H,3-6,9-10,12H2,1-2H3,(H,19,23). The minimum absolute atomic E-state index is 0.0653. The minimum Gasteiger partial charge on any atom is -0.496 e. The number of esters is 1. The van der Waals surface area contributed by atoms with E-state index in [-0.39, 0.29) is 17.8 Å². The molecule has 1 aromatic rings. The third kappa shape index (κ3) is 5.65. The second kappa shape index (κ2) is 9.86. The molecule has 0 saturated carbocycles. The van der Waals surface area contributed by atoms with E-state index in [4.69, 9.17) is 9.47 Å². The molecule has 0 spiro atoms. The van der Waals surface area contributed by atoms with E-state index in [9.17, 15) is 19.7 Å². The number of likely N-dealkylation sites (tertiary alicyclic amines) is 1. The fourth-order valence-electron chi connectivity index (χ4n) is 3.15. The van der Waals surface area contributed by atoms with Gasteiger partial charge < -0.3 is 14.8 Å². The highest BCUT2D eigenvalue weighted by Gasteiger charge is 2.30. The van der Waals surface area contributed by atoms with Crippen LogP contribution >= 0.6 is 0 Å². The SMILES string of the molecule is COC(=O)CC(C(=O)Nc1ccc(OC)cc1[N+](=O)[O-])N1CCCCCC1. The van der Waals surface area contributed by atoms with Gasteiger partial charge in [0.2, 0.25) is 5.91 Å². The minimum atomic E-state index is -0.739. The number of carbonyl (C=O) groups is 2. The van der Waals surface area contributed by atoms with Crippen LogP contribution in [0.1, 0.15) is 32.1 Å². The third-order valence-electron chi connectivity index (χ3n) is 4.63. The maximum Gasteiger partial charge on any atom is 0.307 e. The molecule has 1 unspecified atom stereocenters. The average Bonchev–Trinajstić information content (AvgIpc) is 2.95. The first-order chi connectivity index (χ1) is 13.0. The van der Waals surface area contributed by atoms with E-state index in [2.05, 4.69) is 5.32 Å². The summed E-state index contributed by atoms with van der Waals surface area (Å²) >= 11 is 0. The van der Waals surface area contributed by atoms with Crippen molar-refractivity contribution in [2.24, 2.45) is 0 Å². The second-order valence-corrected chi connectivity index (χ2v) is 6.38. The number of carbonyl (C=O) groups excluding carboxylic acids is 2. The van der Waals surface area contributed by atoms with Gasteiger partial charge in [-0.1, -0.05) is 12.8 Å². The topological polar surface area (TPSA) is 111 Å². The Balaban J connectivity index is 2.24. The van der Waals surface area contributed by atoms with E-state index >= 15 is 0 Å². The zero-order valence-electron chi connectivity index (χ0n) is 15.6. The number of nitrogens with one attached hydrogen (secondary N) is 1. The quantitative estimate of drug-likeness (QED) is 0.440. The van der Waals surface area contributed by atoms with Crippen molar-refractivity contribution >= 4 is 23.3 Å². The number of hydrogen-bond acceptors (Lipinski definition) is 7. The highest BCUT2D eigenvalue weighted by atomic mass is 16.6. The van der Waals surface area contributed by atoms with Gasteiger partial charge in [-0.05, 0) is 38.1 Å². The van der Waals surface area contributed by atoms with Crippen LogP contribution in [0.4, 0.5) is 11.4 Å². The van der Waals surface area contributed by atoms with Gasteiger partial charge in [-0.3, -0.25) is 24.6 Å². The molecule has 0 radical (unpaired) electrons. The maximum atomic E-state index is 12.9. The Morgan fingerprint density at radius 3 is 2.44 bits per heavy atom. The maximum absolute atomic E-state index is 12.9. The van der Waals surface area contributed by atoms with Crippen molar-refractivity contribution in [1.29, 1.82) is 0 Å². The van der Waals surface area contributed by atoms with E-state index < -0.39 is 22.8 Å². The normalized spacial score (nSPS) is 16.1. The predicted molar refractivity (Wildman–Crippen MR) is 98.7 cm³/mol. The van der Waals surface area contributed by atoms with Crippen LogP contribution in [0.3, 0.4) is 0 Å². The van der Waals surface area contributed by atoms with Crippen molar-refractivity contribution in [1.82, 2.24) is 4.90 Å². The van der Waals surface area contributed by atoms with Crippen LogP contribution in [0.2, 0.25) is 0 Å². The number of amides is 1. The summed E-state index contributed by atoms with van der Waals surface area (Å²) in [6, 6.07) is 3.46. The van der Waals surface area contributed by atoms with E-state index in [1.54, 1.807) is 0 Å². The summed E-state index contributed by atoms with van der Waals surface area (Å²) in [6.45, 7) is 1.39. The predicted octanol–water partition coefficient (Wildman–Crippen LogP) is 2.35. The Labute approximate surface area is 157 Å². The number of rotatable bonds is 7. The lowest BCUT2D eigenvalue weighted by Gasteiger charge is -2.28. The molecular weight excluding hydrogens is 354 g/mol. The van der Waals surface area contributed by atoms with Crippen LogP contribution < -0.4 is 10.1 Å². The van der Waals surface area contributed by atoms with Crippen molar-refractivity contribution in [2.75, 3.05) is 32.6 Å². The van der Waals surface area contributed by atoms with E-state index in [1.165, 1.54) is 32.4 Å². The average molecular weight is 379 g/mol. The first-order valence-corrected chi connectivity index (χ1v) is 8.90. The molecule has 1 aromatic carbocycles. The summed E-state index contributed by atoms with van der Waals surface area (Å²) in [5.74, 6) is -0.641. The van der Waals surface area contributed by atoms with Gasteiger partial charge in [0.05, 0.1) is 31.6 Å². The summed E-state index contributed by atoms with van der Waals surface area (Å²) in [5, 5.41) is 13.9. The van der Waals surface area contributed by atoms with Crippen LogP contribution in [-0.2, 0) is 14.3 Å². The number of nitro benzene ring substituents is 1. The summed E-state index contributed by atoms with van der Waals surface area (Å²) in [4.78, 5) is 37.4. The summed E-state index contributed by atoms with van der Waals surface area (Å²) < 4.78 is 9.73. The van der Waals surface area contributed by atoms with Crippen LogP contribution in [0.25, 0.3) is 0 Å². The van der Waals surface area contributed by atoms with Gasteiger partial charge in [-0.25, -0.2) is 0 Å². The van der Waals surface area contributed by atoms with E-state index in [0.717, 1.165) is 25.7 Å². The van der Waals surface area contributed by atoms with Crippen LogP contribution in [-0.4, -0.2) is 55.1 Å². The number of nitro groups is 1. The van der Waals surface area contributed by atoms with Gasteiger partial charge in [-0.2, -0.15) is 0 Å². The van der Waals surface area contributed by atoms with Crippen LogP contribution in [0, 0.1) is 10.1 Å². The van der Waals surface area contributed by atoms with Crippen molar-refractivity contribution in [3.8, 4) is 5.75 Å². The number of methoxy groups -OCH3 is 2. The molecule has 1 aliphatic rings. The first-order valence-electron chi connectivity index (χ1n) is 8.90. The summed E-state index contributed by atoms with van der Waals surface area (Å²) in [7, 11) is 2.68. The monoisotopic (exact) mass is 379 g/mol. The van der Waals surface area contributed by atoms with Gasteiger partial charge >= 0.3 is 5.97 Å². The fourth-order valence-corrected chi connectivity index (χ4v) is 3.15. The molecule has 0 aromatic heterocycles. The molecule has 1 amide bonds. The molecule has 2 rings (SSSR count). The van der Waals surface area contributed by atoms with Crippen LogP contribution in [0.5, 0.6) is 5.75 Å². The Kier molecular flexibility index (Phi) is 7.54. The lowest BCUT2D eigenvalue weighted by molar-refractivity contribution is -0.384. The Bertz CT molecular complexity index is 686. The third-order valence-corrected chi connectivity index (χ3v) is 4.63. The summed E-state index contributed by atoms with van der Waals surface area (Å²) in [6.07, 6.45) is 3.92. The molecule has 1 N–H and O–H groups in total. The highest BCUT2D eigenvalue weighted by Crippen LogP contribution is 2.29. The van der Waals surface area contributed by atoms with Gasteiger partial charge in [0.15, 0.2) is 0 Å². The molecule has 27 heavy (non-hydrogen) atoms. The molecule has 9 nitrogen and oxygen atoms in total. The molecule has 148 valence electrons. The summed E-state index contributed by atoms with van der Waals surface area (Å²) in [5.41, 5.74) is -0.203. The number of benzene rings is 1. The molecular formula is C18H25N3O6. The van der Waals surface area contributed by atoms with Crippen molar-refractivity contribution in [2.45, 2.75) is 38.1 Å². The molecule has 1 aliphatic heterocycles. The molecule has 0 bridgehead atoms. The van der Waals surface area contributed by atoms with Gasteiger partial charge in [0.1, 0.15) is 17.5 Å². The zero-order chi connectivity index (χ0) is 19.8. The van der Waals surface area contributed by atoms with Gasteiger partial charge in [0, 0.05) is 0 Å². The highest BCUT2D eigenvalue weighted by molar-refractivity contribution is 5.98. The van der Waals surface area contributed by atoms with Crippen molar-refractivity contribution in [3.05, 3.63) is 28.3 Å². The molecule has 1 atom stereocenters. The van der Waals surface area contributed by atoms with Crippen molar-refractivity contribution < 1.29 is 24.0 Å². The smallest absolute Gasteiger partial charge is 0.307 e. The Morgan fingerprint density at radius 1 is 1.22 bits per heavy atom. The lowest BCUT2D eigenvalue weighted by atomic mass is 10.1. The lowest BCUT2D eigenvalue weighted by Crippen LogP contribution is -2.46. The number of nitrogens with zero attached hydrogens (tertiary/aromatic N) is 2. The van der Waals surface area contributed by atoms with Gasteiger partial charge in [0.25, 0.3) is 5.69 Å². The number of ether oxygens (including phenoxy) is 2. The largest absolute Gasteiger partial charge is 0.496 e. The zero-order valence-corrected chi connectivity index (χ0v) is 15.6. The Morgan fingerprint density at radius 2 is 1.89 bits per heavy atom. The number of hydrogen-bond donors (Lipinski definition) is 1. The fraction of sp³-hybridized carbons (Fsp3) is 0.556. The molecule has 1 heterocycles. The second-order valence-electron chi connectivity index (χ2n) is 6.38. The van der Waals surface area contributed by atoms with E-state index in [0.29, 0.717) is 18.8 Å². The van der Waals surface area contributed by atoms with Crippen LogP contribution in [0.15, 0.2) is 18.2 Å². The van der Waals surface area contributed by atoms with Crippen molar-refractivity contribution in [3.63, 3.8) is 0 Å². The molecule has 0 aliphatic carbocycles. The van der Waals surface area contributed by atoms with E-state index in [1.807, 2.05) is 4.90 Å². The first kappa shape index (κ1) is 20.6. The molecule has 9 heteroatoms. The number of anilines is 1. The van der Waals surface area contributed by atoms with Gasteiger partial charge in [-0.15, -0.1) is 0 Å².